The highest BCUT2D eigenvalue weighted by Crippen LogP contribution is 2.27. The van der Waals surface area contributed by atoms with Crippen LogP contribution in [-0.4, -0.2) is 18.2 Å². The molecule has 4 heteroatoms. The van der Waals surface area contributed by atoms with Crippen molar-refractivity contribution >= 4 is 11.7 Å². The number of nitrogens with two attached hydrogens (primary N) is 1. The Labute approximate surface area is 71.8 Å². The Hall–Kier alpha value is -0.900. The molecule has 68 valence electrons. The quantitative estimate of drug-likeness (QED) is 0.384. The summed E-state index contributed by atoms with van der Waals surface area (Å²) in [7, 11) is 0. The summed E-state index contributed by atoms with van der Waals surface area (Å²) in [6.07, 6.45) is 3.01. The van der Waals surface area contributed by atoms with Crippen molar-refractivity contribution in [1.82, 2.24) is 0 Å². The van der Waals surface area contributed by atoms with E-state index in [4.69, 9.17) is 5.73 Å². The van der Waals surface area contributed by atoms with Crippen molar-refractivity contribution in [2.45, 2.75) is 26.2 Å². The van der Waals surface area contributed by atoms with Crippen LogP contribution in [0.5, 0.6) is 0 Å². The molecule has 0 amide bonds. The molecule has 12 heavy (non-hydrogen) atoms. The summed E-state index contributed by atoms with van der Waals surface area (Å²) in [5.74, 6) is -0.131. The first-order chi connectivity index (χ1) is 5.74. The normalized spacial score (nSPS) is 18.7. The molecule has 1 fully saturated rings. The molecular weight excluding hydrogens is 156 g/mol. The first-order valence-electron chi connectivity index (χ1n) is 4.18. The smallest absolute Gasteiger partial charge is 0.325 e. The summed E-state index contributed by atoms with van der Waals surface area (Å²) >= 11 is 0. The van der Waals surface area contributed by atoms with E-state index in [0.717, 1.165) is 19.3 Å². The lowest BCUT2D eigenvalue weighted by Gasteiger charge is -2.21. The summed E-state index contributed by atoms with van der Waals surface area (Å²) in [5.41, 5.74) is 5.90. The molecule has 1 saturated carbocycles. The van der Waals surface area contributed by atoms with E-state index in [9.17, 15) is 4.79 Å². The van der Waals surface area contributed by atoms with Gasteiger partial charge in [0.05, 0.1) is 11.6 Å². The van der Waals surface area contributed by atoms with Gasteiger partial charge in [0.1, 0.15) is 0 Å². The zero-order valence-electron chi connectivity index (χ0n) is 7.25. The number of nitrogens with zero attached hydrogens (tertiary/aromatic N) is 1. The SMILES string of the molecule is CC(CN)=NOC(=O)C1CCC1. The molecule has 1 aliphatic carbocycles. The average Bonchev–Trinajstić information content (AvgIpc) is 1.97. The molecule has 0 saturated heterocycles. The Morgan fingerprint density at radius 1 is 1.67 bits per heavy atom. The molecule has 0 aliphatic heterocycles. The highest BCUT2D eigenvalue weighted by Gasteiger charge is 2.26. The zero-order valence-corrected chi connectivity index (χ0v) is 7.25. The average molecular weight is 170 g/mol. The Kier molecular flexibility index (Phi) is 3.22. The van der Waals surface area contributed by atoms with Gasteiger partial charge in [-0.1, -0.05) is 11.6 Å². The van der Waals surface area contributed by atoms with Crippen LogP contribution < -0.4 is 5.73 Å². The predicted molar refractivity (Wildman–Crippen MR) is 45.6 cm³/mol. The third kappa shape index (κ3) is 2.30. The molecule has 1 rings (SSSR count). The van der Waals surface area contributed by atoms with Crippen molar-refractivity contribution in [2.24, 2.45) is 16.8 Å². The van der Waals surface area contributed by atoms with E-state index in [2.05, 4.69) is 9.99 Å². The van der Waals surface area contributed by atoms with Crippen molar-refractivity contribution < 1.29 is 9.63 Å². The van der Waals surface area contributed by atoms with Crippen molar-refractivity contribution in [3.63, 3.8) is 0 Å². The molecule has 0 heterocycles. The minimum Gasteiger partial charge on any atom is -0.325 e. The Morgan fingerprint density at radius 3 is 2.75 bits per heavy atom. The second-order valence-corrected chi connectivity index (χ2v) is 3.07. The predicted octanol–water partition coefficient (Wildman–Crippen LogP) is 0.664. The summed E-state index contributed by atoms with van der Waals surface area (Å²) in [4.78, 5) is 15.7. The van der Waals surface area contributed by atoms with Crippen molar-refractivity contribution in [3.05, 3.63) is 0 Å². The Morgan fingerprint density at radius 2 is 2.33 bits per heavy atom. The highest BCUT2D eigenvalue weighted by molar-refractivity contribution is 5.84. The van der Waals surface area contributed by atoms with Gasteiger partial charge in [-0.2, -0.15) is 0 Å². The van der Waals surface area contributed by atoms with Gasteiger partial charge in [0.15, 0.2) is 0 Å². The standard InChI is InChI=1S/C8H14N2O2/c1-6(5-9)10-12-8(11)7-3-2-4-7/h7H,2-5,9H2,1H3. The molecule has 4 nitrogen and oxygen atoms in total. The fraction of sp³-hybridized carbons (Fsp3) is 0.750. The maximum Gasteiger partial charge on any atom is 0.338 e. The minimum absolute atomic E-state index is 0.0827. The van der Waals surface area contributed by atoms with Crippen LogP contribution in [0.25, 0.3) is 0 Å². The largest absolute Gasteiger partial charge is 0.338 e. The van der Waals surface area contributed by atoms with Crippen molar-refractivity contribution in [3.8, 4) is 0 Å². The number of hydrogen-bond donors (Lipinski definition) is 1. The van der Waals surface area contributed by atoms with Crippen LogP contribution >= 0.6 is 0 Å². The third-order valence-electron chi connectivity index (χ3n) is 2.03. The number of oxime groups is 1. The molecule has 1 aliphatic rings. The molecule has 0 spiro atoms. The van der Waals surface area contributed by atoms with Crippen LogP contribution in [0.15, 0.2) is 5.16 Å². The van der Waals surface area contributed by atoms with Gasteiger partial charge in [-0.3, -0.25) is 0 Å². The van der Waals surface area contributed by atoms with E-state index in [1.807, 2.05) is 0 Å². The molecule has 0 aromatic carbocycles. The number of carbonyl (C=O) groups excluding carboxylic acids is 1. The van der Waals surface area contributed by atoms with E-state index >= 15 is 0 Å². The molecule has 0 unspecified atom stereocenters. The third-order valence-corrected chi connectivity index (χ3v) is 2.03. The summed E-state index contributed by atoms with van der Waals surface area (Å²) in [6, 6.07) is 0. The second-order valence-electron chi connectivity index (χ2n) is 3.07. The van der Waals surface area contributed by atoms with Crippen molar-refractivity contribution in [2.75, 3.05) is 6.54 Å². The molecule has 0 aromatic rings. The molecule has 0 bridgehead atoms. The van der Waals surface area contributed by atoms with Gasteiger partial charge in [0.25, 0.3) is 0 Å². The number of rotatable bonds is 3. The van der Waals surface area contributed by atoms with Crippen LogP contribution in [0, 0.1) is 5.92 Å². The molecule has 0 atom stereocenters. The first-order valence-corrected chi connectivity index (χ1v) is 4.18. The summed E-state index contributed by atoms with van der Waals surface area (Å²) < 4.78 is 0. The van der Waals surface area contributed by atoms with Gasteiger partial charge in [-0.05, 0) is 19.8 Å². The van der Waals surface area contributed by atoms with E-state index in [1.54, 1.807) is 6.92 Å². The molecule has 2 N–H and O–H groups in total. The van der Waals surface area contributed by atoms with Gasteiger partial charge in [-0.15, -0.1) is 0 Å². The number of carbonyl (C=O) groups is 1. The van der Waals surface area contributed by atoms with Gasteiger partial charge >= 0.3 is 5.97 Å². The Balaban J connectivity index is 2.26. The minimum atomic E-state index is -0.214. The lowest BCUT2D eigenvalue weighted by Crippen LogP contribution is -2.23. The van der Waals surface area contributed by atoms with Crippen LogP contribution in [-0.2, 0) is 9.63 Å². The van der Waals surface area contributed by atoms with Gasteiger partial charge in [-0.25, -0.2) is 4.79 Å². The Bertz CT molecular complexity index is 197. The fourth-order valence-electron chi connectivity index (χ4n) is 0.879. The summed E-state index contributed by atoms with van der Waals surface area (Å²) in [6.45, 7) is 2.06. The van der Waals surface area contributed by atoms with Gasteiger partial charge < -0.3 is 10.6 Å². The maximum atomic E-state index is 11.1. The second kappa shape index (κ2) is 4.21. The molecule has 0 radical (unpaired) electrons. The number of hydrogen-bond acceptors (Lipinski definition) is 4. The van der Waals surface area contributed by atoms with Gasteiger partial charge in [0.2, 0.25) is 0 Å². The van der Waals surface area contributed by atoms with E-state index in [0.29, 0.717) is 12.3 Å². The maximum absolute atomic E-state index is 11.1. The van der Waals surface area contributed by atoms with Crippen LogP contribution in [0.1, 0.15) is 26.2 Å². The lowest BCUT2D eigenvalue weighted by atomic mass is 9.86. The molecular formula is C8H14N2O2. The first kappa shape index (κ1) is 9.19. The summed E-state index contributed by atoms with van der Waals surface area (Å²) in [5, 5.41) is 3.59. The lowest BCUT2D eigenvalue weighted by molar-refractivity contribution is -0.151. The van der Waals surface area contributed by atoms with E-state index in [1.165, 1.54) is 0 Å². The fourth-order valence-corrected chi connectivity index (χ4v) is 0.879. The zero-order chi connectivity index (χ0) is 8.97. The van der Waals surface area contributed by atoms with Crippen LogP contribution in [0.2, 0.25) is 0 Å². The monoisotopic (exact) mass is 170 g/mol. The van der Waals surface area contributed by atoms with Crippen LogP contribution in [0.3, 0.4) is 0 Å². The van der Waals surface area contributed by atoms with Crippen LogP contribution in [0.4, 0.5) is 0 Å². The highest BCUT2D eigenvalue weighted by atomic mass is 16.7. The topological polar surface area (TPSA) is 64.7 Å². The van der Waals surface area contributed by atoms with Crippen molar-refractivity contribution in [1.29, 1.82) is 0 Å². The molecule has 0 aromatic heterocycles. The van der Waals surface area contributed by atoms with E-state index in [-0.39, 0.29) is 11.9 Å². The van der Waals surface area contributed by atoms with E-state index < -0.39 is 0 Å². The van der Waals surface area contributed by atoms with Gasteiger partial charge in [0, 0.05) is 6.54 Å².